The van der Waals surface area contributed by atoms with Crippen LogP contribution in [-0.4, -0.2) is 0 Å². The molecule has 0 aliphatic heterocycles. The lowest BCUT2D eigenvalue weighted by Gasteiger charge is -2.10. The molecule has 3 aromatic rings. The Hall–Kier alpha value is -2.08. The number of benzene rings is 3. The van der Waals surface area contributed by atoms with E-state index in [1.54, 1.807) is 0 Å². The molecular weight excluding hydrogens is 276 g/mol. The van der Waals surface area contributed by atoms with Gasteiger partial charge < -0.3 is 0 Å². The van der Waals surface area contributed by atoms with Crippen molar-refractivity contribution in [2.45, 2.75) is 40.5 Å². The zero-order valence-corrected chi connectivity index (χ0v) is 14.5. The third kappa shape index (κ3) is 2.37. The van der Waals surface area contributed by atoms with Crippen LogP contribution in [0, 0.1) is 19.8 Å². The first-order valence-electron chi connectivity index (χ1n) is 8.68. The van der Waals surface area contributed by atoms with Crippen LogP contribution in [0.15, 0.2) is 42.5 Å². The van der Waals surface area contributed by atoms with Gasteiger partial charge in [0.15, 0.2) is 0 Å². The quantitative estimate of drug-likeness (QED) is 0.412. The maximum Gasteiger partial charge on any atom is -0.000465 e. The molecule has 0 saturated heterocycles. The summed E-state index contributed by atoms with van der Waals surface area (Å²) < 4.78 is 0. The summed E-state index contributed by atoms with van der Waals surface area (Å²) in [6.45, 7) is 9.04. The largest absolute Gasteiger partial charge is 0.0625 e. The van der Waals surface area contributed by atoms with Crippen molar-refractivity contribution in [3.05, 3.63) is 70.3 Å². The van der Waals surface area contributed by atoms with Gasteiger partial charge >= 0.3 is 0 Å². The van der Waals surface area contributed by atoms with Gasteiger partial charge in [-0.25, -0.2) is 0 Å². The topological polar surface area (TPSA) is 0 Å². The van der Waals surface area contributed by atoms with E-state index in [9.17, 15) is 0 Å². The van der Waals surface area contributed by atoms with Gasteiger partial charge in [-0.05, 0) is 76.8 Å². The molecule has 0 aromatic heterocycles. The first-order valence-corrected chi connectivity index (χ1v) is 8.68. The van der Waals surface area contributed by atoms with Crippen LogP contribution in [0.4, 0.5) is 0 Å². The highest BCUT2D eigenvalue weighted by Crippen LogP contribution is 2.42. The van der Waals surface area contributed by atoms with Crippen LogP contribution >= 0.6 is 0 Å². The molecule has 0 unspecified atom stereocenters. The molecule has 0 N–H and O–H groups in total. The summed E-state index contributed by atoms with van der Waals surface area (Å²) in [5.74, 6) is 0.700. The number of hydrogen-bond acceptors (Lipinski definition) is 0. The standard InChI is InChI=1S/C23H24/c1-14(2)9-17-5-6-18-7-8-19-22-11-15(3)10-16(4)20(22)13-23(19)21(18)12-17/h5-8,10-12,14H,9,13H2,1-4H3. The second kappa shape index (κ2) is 5.23. The fourth-order valence-electron chi connectivity index (χ4n) is 4.12. The Labute approximate surface area is 139 Å². The van der Waals surface area contributed by atoms with Crippen molar-refractivity contribution in [3.8, 4) is 11.1 Å². The molecule has 0 bridgehead atoms. The zero-order chi connectivity index (χ0) is 16.1. The fourth-order valence-corrected chi connectivity index (χ4v) is 4.12. The Morgan fingerprint density at radius 1 is 0.870 bits per heavy atom. The first-order chi connectivity index (χ1) is 11.0. The molecular formula is C23H24. The van der Waals surface area contributed by atoms with Gasteiger partial charge in [-0.15, -0.1) is 0 Å². The minimum Gasteiger partial charge on any atom is -0.0625 e. The second-order valence-electron chi connectivity index (χ2n) is 7.53. The van der Waals surface area contributed by atoms with Gasteiger partial charge in [-0.3, -0.25) is 0 Å². The fraction of sp³-hybridized carbons (Fsp3) is 0.304. The second-order valence-corrected chi connectivity index (χ2v) is 7.53. The monoisotopic (exact) mass is 300 g/mol. The molecule has 0 saturated carbocycles. The lowest BCUT2D eigenvalue weighted by Crippen LogP contribution is -1.94. The van der Waals surface area contributed by atoms with E-state index in [-0.39, 0.29) is 0 Å². The molecule has 116 valence electrons. The summed E-state index contributed by atoms with van der Waals surface area (Å²) in [6.07, 6.45) is 2.24. The number of aryl methyl sites for hydroxylation is 2. The molecule has 0 heteroatoms. The van der Waals surface area contributed by atoms with E-state index in [1.807, 2.05) is 0 Å². The van der Waals surface area contributed by atoms with E-state index >= 15 is 0 Å². The predicted molar refractivity (Wildman–Crippen MR) is 100 cm³/mol. The highest BCUT2D eigenvalue weighted by molar-refractivity contribution is 5.95. The minimum absolute atomic E-state index is 0.700. The van der Waals surface area contributed by atoms with Crippen molar-refractivity contribution < 1.29 is 0 Å². The zero-order valence-electron chi connectivity index (χ0n) is 14.5. The maximum absolute atomic E-state index is 2.43. The molecule has 1 aliphatic rings. The molecule has 3 aromatic carbocycles. The predicted octanol–water partition coefficient (Wildman–Crippen LogP) is 6.23. The average Bonchev–Trinajstić information content (AvgIpc) is 2.86. The van der Waals surface area contributed by atoms with Crippen LogP contribution in [0.5, 0.6) is 0 Å². The van der Waals surface area contributed by atoms with Gasteiger partial charge in [0.05, 0.1) is 0 Å². The molecule has 0 fully saturated rings. The van der Waals surface area contributed by atoms with E-state index in [0.29, 0.717) is 5.92 Å². The number of rotatable bonds is 2. The molecule has 0 amide bonds. The van der Waals surface area contributed by atoms with E-state index < -0.39 is 0 Å². The van der Waals surface area contributed by atoms with Gasteiger partial charge in [-0.2, -0.15) is 0 Å². The normalized spacial score (nSPS) is 12.7. The van der Waals surface area contributed by atoms with Gasteiger partial charge in [0.25, 0.3) is 0 Å². The van der Waals surface area contributed by atoms with Crippen molar-refractivity contribution in [1.29, 1.82) is 0 Å². The van der Waals surface area contributed by atoms with Crippen LogP contribution < -0.4 is 0 Å². The molecule has 0 atom stereocenters. The lowest BCUT2D eigenvalue weighted by molar-refractivity contribution is 0.648. The molecule has 0 heterocycles. The highest BCUT2D eigenvalue weighted by Gasteiger charge is 2.22. The molecule has 0 nitrogen and oxygen atoms in total. The summed E-state index contributed by atoms with van der Waals surface area (Å²) in [6, 6.07) is 16.3. The third-order valence-corrected chi connectivity index (χ3v) is 5.10. The Morgan fingerprint density at radius 3 is 2.43 bits per heavy atom. The molecule has 0 radical (unpaired) electrons. The summed E-state index contributed by atoms with van der Waals surface area (Å²) in [7, 11) is 0. The van der Waals surface area contributed by atoms with Gasteiger partial charge in [0, 0.05) is 0 Å². The molecule has 0 spiro atoms. The Bertz CT molecular complexity index is 913. The van der Waals surface area contributed by atoms with Crippen LogP contribution in [0.2, 0.25) is 0 Å². The van der Waals surface area contributed by atoms with Crippen molar-refractivity contribution >= 4 is 10.8 Å². The van der Waals surface area contributed by atoms with Crippen LogP contribution in [-0.2, 0) is 12.8 Å². The highest BCUT2D eigenvalue weighted by atomic mass is 14.3. The Kier molecular flexibility index (Phi) is 3.30. The minimum atomic E-state index is 0.700. The molecule has 1 aliphatic carbocycles. The summed E-state index contributed by atoms with van der Waals surface area (Å²) >= 11 is 0. The van der Waals surface area contributed by atoms with Gasteiger partial charge in [0.1, 0.15) is 0 Å². The van der Waals surface area contributed by atoms with Crippen LogP contribution in [0.25, 0.3) is 21.9 Å². The smallest absolute Gasteiger partial charge is 0.000465 e. The van der Waals surface area contributed by atoms with Gasteiger partial charge in [0.2, 0.25) is 0 Å². The van der Waals surface area contributed by atoms with E-state index in [4.69, 9.17) is 0 Å². The first kappa shape index (κ1) is 14.5. The van der Waals surface area contributed by atoms with Crippen molar-refractivity contribution in [2.75, 3.05) is 0 Å². The van der Waals surface area contributed by atoms with E-state index in [1.165, 1.54) is 49.7 Å². The lowest BCUT2D eigenvalue weighted by atomic mass is 9.95. The van der Waals surface area contributed by atoms with Crippen molar-refractivity contribution in [2.24, 2.45) is 5.92 Å². The SMILES string of the molecule is Cc1cc(C)c2c(c1)-c1ccc3ccc(CC(C)C)cc3c1C2. The van der Waals surface area contributed by atoms with Crippen LogP contribution in [0.1, 0.15) is 41.7 Å². The van der Waals surface area contributed by atoms with Gasteiger partial charge in [-0.1, -0.05) is 61.9 Å². The van der Waals surface area contributed by atoms with E-state index in [2.05, 4.69) is 70.2 Å². The number of fused-ring (bicyclic) bond motifs is 5. The average molecular weight is 300 g/mol. The summed E-state index contributed by atoms with van der Waals surface area (Å²) in [5.41, 5.74) is 10.2. The maximum atomic E-state index is 2.43. The summed E-state index contributed by atoms with van der Waals surface area (Å²) in [5, 5.41) is 2.83. The number of hydrogen-bond donors (Lipinski definition) is 0. The van der Waals surface area contributed by atoms with Crippen molar-refractivity contribution in [3.63, 3.8) is 0 Å². The van der Waals surface area contributed by atoms with E-state index in [0.717, 1.165) is 12.8 Å². The summed E-state index contributed by atoms with van der Waals surface area (Å²) in [4.78, 5) is 0. The van der Waals surface area contributed by atoms with Crippen molar-refractivity contribution in [1.82, 2.24) is 0 Å². The Morgan fingerprint density at radius 2 is 1.65 bits per heavy atom. The Balaban J connectivity index is 1.93. The third-order valence-electron chi connectivity index (χ3n) is 5.10. The molecule has 23 heavy (non-hydrogen) atoms. The molecule has 4 rings (SSSR count). The van der Waals surface area contributed by atoms with Crippen LogP contribution in [0.3, 0.4) is 0 Å².